The molecule has 3 rings (SSSR count). The van der Waals surface area contributed by atoms with Gasteiger partial charge in [-0.1, -0.05) is 29.8 Å². The first-order chi connectivity index (χ1) is 10.7. The van der Waals surface area contributed by atoms with Gasteiger partial charge in [0.15, 0.2) is 0 Å². The van der Waals surface area contributed by atoms with E-state index in [0.29, 0.717) is 18.0 Å². The fourth-order valence-electron chi connectivity index (χ4n) is 2.59. The third-order valence-electron chi connectivity index (χ3n) is 4.15. The van der Waals surface area contributed by atoms with Crippen molar-refractivity contribution in [2.45, 2.75) is 25.8 Å². The van der Waals surface area contributed by atoms with E-state index in [9.17, 15) is 4.79 Å². The Morgan fingerprint density at radius 2 is 1.88 bits per heavy atom. The SMILES string of the molecule is Cc1ccc(-c2cncc(C(=O)NC(CN)C3CC3)c2)cc1.Cl.Cl. The Morgan fingerprint density at radius 1 is 1.21 bits per heavy atom. The van der Waals surface area contributed by atoms with Gasteiger partial charge in [0.05, 0.1) is 5.56 Å². The molecule has 1 aromatic carbocycles. The summed E-state index contributed by atoms with van der Waals surface area (Å²) in [7, 11) is 0. The number of carbonyl (C=O) groups excluding carboxylic acids is 1. The van der Waals surface area contributed by atoms with E-state index in [1.807, 2.05) is 18.2 Å². The van der Waals surface area contributed by atoms with Crippen LogP contribution in [0.15, 0.2) is 42.7 Å². The number of benzene rings is 1. The number of carbonyl (C=O) groups is 1. The molecule has 6 heteroatoms. The monoisotopic (exact) mass is 367 g/mol. The van der Waals surface area contributed by atoms with Gasteiger partial charge >= 0.3 is 0 Å². The third kappa shape index (κ3) is 4.94. The molecule has 1 aliphatic rings. The van der Waals surface area contributed by atoms with Crippen LogP contribution >= 0.6 is 24.8 Å². The number of halogens is 2. The van der Waals surface area contributed by atoms with Crippen molar-refractivity contribution >= 4 is 30.7 Å². The molecular weight excluding hydrogens is 345 g/mol. The second-order valence-corrected chi connectivity index (χ2v) is 5.98. The lowest BCUT2D eigenvalue weighted by molar-refractivity contribution is 0.0933. The predicted molar refractivity (Wildman–Crippen MR) is 102 cm³/mol. The van der Waals surface area contributed by atoms with Gasteiger partial charge in [-0.15, -0.1) is 24.8 Å². The predicted octanol–water partition coefficient (Wildman–Crippen LogP) is 3.37. The van der Waals surface area contributed by atoms with Crippen molar-refractivity contribution in [3.05, 3.63) is 53.9 Å². The van der Waals surface area contributed by atoms with Gasteiger partial charge in [-0.2, -0.15) is 0 Å². The molecule has 0 saturated heterocycles. The Bertz CT molecular complexity index is 672. The molecule has 1 unspecified atom stereocenters. The molecule has 0 spiro atoms. The summed E-state index contributed by atoms with van der Waals surface area (Å²) in [6.07, 6.45) is 5.70. The maximum atomic E-state index is 12.4. The van der Waals surface area contributed by atoms with Gasteiger partial charge < -0.3 is 11.1 Å². The average Bonchev–Trinajstić information content (AvgIpc) is 3.38. The number of nitrogens with one attached hydrogen (secondary N) is 1. The van der Waals surface area contributed by atoms with Crippen LogP contribution in [0, 0.1) is 12.8 Å². The van der Waals surface area contributed by atoms with E-state index in [1.54, 1.807) is 12.4 Å². The second-order valence-electron chi connectivity index (χ2n) is 5.98. The molecule has 0 radical (unpaired) electrons. The summed E-state index contributed by atoms with van der Waals surface area (Å²) >= 11 is 0. The largest absolute Gasteiger partial charge is 0.348 e. The number of nitrogens with two attached hydrogens (primary N) is 1. The van der Waals surface area contributed by atoms with Crippen molar-refractivity contribution in [1.29, 1.82) is 0 Å². The van der Waals surface area contributed by atoms with E-state index >= 15 is 0 Å². The highest BCUT2D eigenvalue weighted by Crippen LogP contribution is 2.32. The molecule has 1 saturated carbocycles. The van der Waals surface area contributed by atoms with Crippen LogP contribution in [0.25, 0.3) is 11.1 Å². The minimum atomic E-state index is -0.0937. The van der Waals surface area contributed by atoms with E-state index in [0.717, 1.165) is 24.0 Å². The normalized spacial score (nSPS) is 14.1. The van der Waals surface area contributed by atoms with Crippen LogP contribution in [0.1, 0.15) is 28.8 Å². The molecular formula is C18H23Cl2N3O. The zero-order valence-electron chi connectivity index (χ0n) is 13.6. The van der Waals surface area contributed by atoms with E-state index in [4.69, 9.17) is 5.73 Å². The van der Waals surface area contributed by atoms with E-state index < -0.39 is 0 Å². The lowest BCUT2D eigenvalue weighted by Gasteiger charge is -2.16. The van der Waals surface area contributed by atoms with Crippen LogP contribution < -0.4 is 11.1 Å². The highest BCUT2D eigenvalue weighted by molar-refractivity contribution is 5.95. The van der Waals surface area contributed by atoms with E-state index in [2.05, 4.69) is 29.4 Å². The van der Waals surface area contributed by atoms with Crippen LogP contribution in [-0.4, -0.2) is 23.5 Å². The van der Waals surface area contributed by atoms with Crippen LogP contribution in [-0.2, 0) is 0 Å². The quantitative estimate of drug-likeness (QED) is 0.850. The van der Waals surface area contributed by atoms with Gasteiger partial charge in [0.2, 0.25) is 0 Å². The summed E-state index contributed by atoms with van der Waals surface area (Å²) < 4.78 is 0. The summed E-state index contributed by atoms with van der Waals surface area (Å²) in [5.41, 5.74) is 9.54. The average molecular weight is 368 g/mol. The summed E-state index contributed by atoms with van der Waals surface area (Å²) in [5, 5.41) is 3.03. The summed E-state index contributed by atoms with van der Waals surface area (Å²) in [6, 6.07) is 10.2. The third-order valence-corrected chi connectivity index (χ3v) is 4.15. The van der Waals surface area contributed by atoms with Crippen molar-refractivity contribution in [2.75, 3.05) is 6.54 Å². The summed E-state index contributed by atoms with van der Waals surface area (Å²) in [5.74, 6) is 0.450. The Hall–Kier alpha value is -1.62. The maximum absolute atomic E-state index is 12.4. The molecule has 3 N–H and O–H groups in total. The first kappa shape index (κ1) is 20.4. The van der Waals surface area contributed by atoms with Crippen molar-refractivity contribution in [3.63, 3.8) is 0 Å². The Morgan fingerprint density at radius 3 is 2.46 bits per heavy atom. The van der Waals surface area contributed by atoms with Gasteiger partial charge in [-0.3, -0.25) is 9.78 Å². The highest BCUT2D eigenvalue weighted by atomic mass is 35.5. The van der Waals surface area contributed by atoms with Gasteiger partial charge in [0, 0.05) is 30.5 Å². The molecule has 4 nitrogen and oxygen atoms in total. The standard InChI is InChI=1S/C18H21N3O.2ClH/c1-12-2-4-13(5-3-12)15-8-16(11-20-10-15)18(22)21-17(9-19)14-6-7-14;;/h2-5,8,10-11,14,17H,6-7,9,19H2,1H3,(H,21,22);2*1H. The zero-order chi connectivity index (χ0) is 15.5. The minimum Gasteiger partial charge on any atom is -0.348 e. The number of rotatable bonds is 5. The Kier molecular flexibility index (Phi) is 7.67. The van der Waals surface area contributed by atoms with Crippen molar-refractivity contribution in [2.24, 2.45) is 11.7 Å². The molecule has 1 aliphatic carbocycles. The highest BCUT2D eigenvalue weighted by Gasteiger charge is 2.31. The van der Waals surface area contributed by atoms with Crippen molar-refractivity contribution in [3.8, 4) is 11.1 Å². The maximum Gasteiger partial charge on any atom is 0.253 e. The number of amides is 1. The summed E-state index contributed by atoms with van der Waals surface area (Å²) in [6.45, 7) is 2.54. The molecule has 1 heterocycles. The lowest BCUT2D eigenvalue weighted by Crippen LogP contribution is -2.41. The molecule has 2 aromatic rings. The number of nitrogens with zero attached hydrogens (tertiary/aromatic N) is 1. The fraction of sp³-hybridized carbons (Fsp3) is 0.333. The van der Waals surface area contributed by atoms with Gasteiger partial charge in [-0.05, 0) is 37.3 Å². The van der Waals surface area contributed by atoms with Crippen molar-refractivity contribution < 1.29 is 4.79 Å². The zero-order valence-corrected chi connectivity index (χ0v) is 15.2. The molecule has 1 amide bonds. The molecule has 1 atom stereocenters. The number of pyridine rings is 1. The molecule has 1 fully saturated rings. The first-order valence-electron chi connectivity index (χ1n) is 7.70. The van der Waals surface area contributed by atoms with Crippen LogP contribution in [0.4, 0.5) is 0 Å². The molecule has 0 aliphatic heterocycles. The van der Waals surface area contributed by atoms with Crippen LogP contribution in [0.3, 0.4) is 0 Å². The molecule has 0 bridgehead atoms. The lowest BCUT2D eigenvalue weighted by atomic mass is 10.0. The van der Waals surface area contributed by atoms with Gasteiger partial charge in [-0.25, -0.2) is 0 Å². The van der Waals surface area contributed by atoms with E-state index in [-0.39, 0.29) is 36.8 Å². The first-order valence-corrected chi connectivity index (χ1v) is 7.70. The topological polar surface area (TPSA) is 68.0 Å². The number of aromatic nitrogens is 1. The second kappa shape index (κ2) is 9.02. The number of hydrogen-bond acceptors (Lipinski definition) is 3. The number of hydrogen-bond donors (Lipinski definition) is 2. The van der Waals surface area contributed by atoms with E-state index in [1.165, 1.54) is 5.56 Å². The molecule has 1 aromatic heterocycles. The number of aryl methyl sites for hydroxylation is 1. The van der Waals surface area contributed by atoms with Gasteiger partial charge in [0.1, 0.15) is 0 Å². The smallest absolute Gasteiger partial charge is 0.253 e. The fourth-order valence-corrected chi connectivity index (χ4v) is 2.59. The van der Waals surface area contributed by atoms with Crippen LogP contribution in [0.5, 0.6) is 0 Å². The minimum absolute atomic E-state index is 0. The molecule has 130 valence electrons. The molecule has 24 heavy (non-hydrogen) atoms. The Labute approximate surface area is 155 Å². The Balaban J connectivity index is 0.00000144. The summed E-state index contributed by atoms with van der Waals surface area (Å²) in [4.78, 5) is 16.6. The van der Waals surface area contributed by atoms with Gasteiger partial charge in [0.25, 0.3) is 5.91 Å². The van der Waals surface area contributed by atoms with Crippen LogP contribution in [0.2, 0.25) is 0 Å². The van der Waals surface area contributed by atoms with Crippen molar-refractivity contribution in [1.82, 2.24) is 10.3 Å².